The second-order valence-corrected chi connectivity index (χ2v) is 3.26. The van der Waals surface area contributed by atoms with Gasteiger partial charge in [-0.3, -0.25) is 4.98 Å². The zero-order valence-corrected chi connectivity index (χ0v) is 8.07. The number of benzene rings is 1. The summed E-state index contributed by atoms with van der Waals surface area (Å²) in [6.07, 6.45) is 1.76. The molecule has 14 heavy (non-hydrogen) atoms. The van der Waals surface area contributed by atoms with Crippen LogP contribution in [0, 0.1) is 6.92 Å². The summed E-state index contributed by atoms with van der Waals surface area (Å²) < 4.78 is 0. The molecule has 0 atom stereocenters. The zero-order chi connectivity index (χ0) is 9.97. The van der Waals surface area contributed by atoms with E-state index in [1.54, 1.807) is 6.20 Å². The molecule has 70 valence electrons. The summed E-state index contributed by atoms with van der Waals surface area (Å²) in [6.45, 7) is 2.06. The molecule has 1 aromatic heterocycles. The Balaban J connectivity index is 2.61. The van der Waals surface area contributed by atoms with Crippen molar-refractivity contribution in [3.63, 3.8) is 0 Å². The Hall–Kier alpha value is -1.83. The number of nitrogen functional groups attached to an aromatic ring is 1. The van der Waals surface area contributed by atoms with Crippen molar-refractivity contribution in [1.29, 1.82) is 0 Å². The maximum atomic E-state index is 5.86. The van der Waals surface area contributed by atoms with Gasteiger partial charge in [0, 0.05) is 11.8 Å². The highest BCUT2D eigenvalue weighted by molar-refractivity contribution is 5.74. The summed E-state index contributed by atoms with van der Waals surface area (Å²) in [4.78, 5) is 4.28. The molecule has 0 saturated heterocycles. The normalized spacial score (nSPS) is 10.1. The minimum absolute atomic E-state index is 0.724. The Morgan fingerprint density at radius 2 is 1.86 bits per heavy atom. The third-order valence-electron chi connectivity index (χ3n) is 2.24. The van der Waals surface area contributed by atoms with Crippen LogP contribution >= 0.6 is 0 Å². The maximum Gasteiger partial charge on any atom is 0.0933 e. The van der Waals surface area contributed by atoms with Crippen LogP contribution in [0.4, 0.5) is 5.69 Å². The minimum Gasteiger partial charge on any atom is -0.397 e. The minimum atomic E-state index is 0.724. The van der Waals surface area contributed by atoms with E-state index in [4.69, 9.17) is 5.73 Å². The summed E-state index contributed by atoms with van der Waals surface area (Å²) in [5.74, 6) is 0. The molecule has 0 fully saturated rings. The monoisotopic (exact) mass is 184 g/mol. The first-order valence-electron chi connectivity index (χ1n) is 4.55. The lowest BCUT2D eigenvalue weighted by Gasteiger charge is -2.06. The van der Waals surface area contributed by atoms with Gasteiger partial charge in [0.1, 0.15) is 0 Å². The quantitative estimate of drug-likeness (QED) is 0.740. The van der Waals surface area contributed by atoms with E-state index in [1.165, 1.54) is 5.56 Å². The van der Waals surface area contributed by atoms with Gasteiger partial charge in [-0.05, 0) is 24.6 Å². The molecule has 0 radical (unpaired) electrons. The van der Waals surface area contributed by atoms with Crippen LogP contribution in [0.2, 0.25) is 0 Å². The Morgan fingerprint density at radius 3 is 2.57 bits per heavy atom. The number of hydrogen-bond donors (Lipinski definition) is 1. The molecule has 1 aromatic carbocycles. The number of rotatable bonds is 1. The average Bonchev–Trinajstić information content (AvgIpc) is 2.20. The first kappa shape index (κ1) is 8.75. The molecule has 0 aliphatic rings. The van der Waals surface area contributed by atoms with Crippen LogP contribution in [-0.2, 0) is 0 Å². The van der Waals surface area contributed by atoms with Crippen molar-refractivity contribution < 1.29 is 0 Å². The SMILES string of the molecule is Cc1ccccc1-c1ncccc1N. The van der Waals surface area contributed by atoms with E-state index in [9.17, 15) is 0 Å². The third-order valence-corrected chi connectivity index (χ3v) is 2.24. The third kappa shape index (κ3) is 1.46. The standard InChI is InChI=1S/C12H12N2/c1-9-5-2-3-6-10(9)12-11(13)7-4-8-14-12/h2-8H,13H2,1H3. The van der Waals surface area contributed by atoms with Crippen molar-refractivity contribution >= 4 is 5.69 Å². The van der Waals surface area contributed by atoms with E-state index >= 15 is 0 Å². The highest BCUT2D eigenvalue weighted by Crippen LogP contribution is 2.25. The van der Waals surface area contributed by atoms with Crippen LogP contribution < -0.4 is 5.73 Å². The van der Waals surface area contributed by atoms with Gasteiger partial charge in [-0.15, -0.1) is 0 Å². The van der Waals surface area contributed by atoms with E-state index in [1.807, 2.05) is 30.3 Å². The Labute approximate surface area is 83.4 Å². The van der Waals surface area contributed by atoms with Gasteiger partial charge in [0.25, 0.3) is 0 Å². The van der Waals surface area contributed by atoms with Gasteiger partial charge in [-0.2, -0.15) is 0 Å². The van der Waals surface area contributed by atoms with E-state index in [-0.39, 0.29) is 0 Å². The zero-order valence-electron chi connectivity index (χ0n) is 8.07. The van der Waals surface area contributed by atoms with Crippen LogP contribution in [-0.4, -0.2) is 4.98 Å². The molecular weight excluding hydrogens is 172 g/mol. The highest BCUT2D eigenvalue weighted by Gasteiger charge is 2.04. The van der Waals surface area contributed by atoms with Crippen LogP contribution in [0.1, 0.15) is 5.56 Å². The molecule has 2 nitrogen and oxygen atoms in total. The second kappa shape index (κ2) is 3.50. The Morgan fingerprint density at radius 1 is 1.07 bits per heavy atom. The lowest BCUT2D eigenvalue weighted by atomic mass is 10.0. The van der Waals surface area contributed by atoms with E-state index in [0.29, 0.717) is 0 Å². The van der Waals surface area contributed by atoms with Crippen molar-refractivity contribution in [3.05, 3.63) is 48.2 Å². The summed E-state index contributed by atoms with van der Waals surface area (Å²) >= 11 is 0. The van der Waals surface area contributed by atoms with Gasteiger partial charge in [0.05, 0.1) is 11.4 Å². The molecule has 1 heterocycles. The molecule has 0 unspecified atom stereocenters. The van der Waals surface area contributed by atoms with Gasteiger partial charge in [-0.25, -0.2) is 0 Å². The maximum absolute atomic E-state index is 5.86. The summed E-state index contributed by atoms with van der Waals surface area (Å²) in [6, 6.07) is 11.8. The van der Waals surface area contributed by atoms with Crippen LogP contribution in [0.3, 0.4) is 0 Å². The molecular formula is C12H12N2. The lowest BCUT2D eigenvalue weighted by molar-refractivity contribution is 1.31. The molecule has 0 aliphatic carbocycles. The van der Waals surface area contributed by atoms with Gasteiger partial charge in [-0.1, -0.05) is 24.3 Å². The van der Waals surface area contributed by atoms with Crippen LogP contribution in [0.15, 0.2) is 42.6 Å². The Bertz CT molecular complexity index is 406. The molecule has 2 aromatic rings. The second-order valence-electron chi connectivity index (χ2n) is 3.26. The predicted molar refractivity (Wildman–Crippen MR) is 58.8 cm³/mol. The summed E-state index contributed by atoms with van der Waals surface area (Å²) in [5, 5.41) is 0. The number of aryl methyl sites for hydroxylation is 1. The Kier molecular flexibility index (Phi) is 2.19. The van der Waals surface area contributed by atoms with Crippen molar-refractivity contribution in [2.24, 2.45) is 0 Å². The molecule has 0 saturated carbocycles. The molecule has 0 aliphatic heterocycles. The summed E-state index contributed by atoms with van der Waals surface area (Å²) in [5.41, 5.74) is 9.74. The van der Waals surface area contributed by atoms with Crippen LogP contribution in [0.25, 0.3) is 11.3 Å². The van der Waals surface area contributed by atoms with E-state index < -0.39 is 0 Å². The number of aromatic nitrogens is 1. The first-order chi connectivity index (χ1) is 6.79. The number of pyridine rings is 1. The van der Waals surface area contributed by atoms with Gasteiger partial charge >= 0.3 is 0 Å². The fraction of sp³-hybridized carbons (Fsp3) is 0.0833. The molecule has 2 N–H and O–H groups in total. The van der Waals surface area contributed by atoms with Gasteiger partial charge < -0.3 is 5.73 Å². The smallest absolute Gasteiger partial charge is 0.0933 e. The fourth-order valence-electron chi connectivity index (χ4n) is 1.48. The van der Waals surface area contributed by atoms with Gasteiger partial charge in [0.15, 0.2) is 0 Å². The molecule has 0 bridgehead atoms. The van der Waals surface area contributed by atoms with Gasteiger partial charge in [0.2, 0.25) is 0 Å². The average molecular weight is 184 g/mol. The molecule has 2 heteroatoms. The number of nitrogens with two attached hydrogens (primary N) is 1. The van der Waals surface area contributed by atoms with Crippen molar-refractivity contribution in [1.82, 2.24) is 4.98 Å². The summed E-state index contributed by atoms with van der Waals surface area (Å²) in [7, 11) is 0. The molecule has 0 amide bonds. The first-order valence-corrected chi connectivity index (χ1v) is 4.55. The number of hydrogen-bond acceptors (Lipinski definition) is 2. The fourth-order valence-corrected chi connectivity index (χ4v) is 1.48. The largest absolute Gasteiger partial charge is 0.397 e. The lowest BCUT2D eigenvalue weighted by Crippen LogP contribution is -1.93. The van der Waals surface area contributed by atoms with Crippen molar-refractivity contribution in [3.8, 4) is 11.3 Å². The van der Waals surface area contributed by atoms with E-state index in [2.05, 4.69) is 18.0 Å². The molecule has 0 spiro atoms. The topological polar surface area (TPSA) is 38.9 Å². The number of anilines is 1. The van der Waals surface area contributed by atoms with E-state index in [0.717, 1.165) is 16.9 Å². The van der Waals surface area contributed by atoms with Crippen LogP contribution in [0.5, 0.6) is 0 Å². The van der Waals surface area contributed by atoms with Crippen molar-refractivity contribution in [2.45, 2.75) is 6.92 Å². The number of nitrogens with zero attached hydrogens (tertiary/aromatic N) is 1. The highest BCUT2D eigenvalue weighted by atomic mass is 14.7. The van der Waals surface area contributed by atoms with Crippen molar-refractivity contribution in [2.75, 3.05) is 5.73 Å². The molecule has 2 rings (SSSR count). The predicted octanol–water partition coefficient (Wildman–Crippen LogP) is 2.64.